The molecule has 0 radical (unpaired) electrons. The number of benzene rings is 1. The fraction of sp³-hybridized carbons (Fsp3) is 0.316. The lowest BCUT2D eigenvalue weighted by Gasteiger charge is -2.11. The quantitative estimate of drug-likeness (QED) is 0.697. The highest BCUT2D eigenvalue weighted by Gasteiger charge is 2.12. The van der Waals surface area contributed by atoms with Crippen LogP contribution in [-0.2, 0) is 7.05 Å². The van der Waals surface area contributed by atoms with Crippen LogP contribution >= 0.6 is 0 Å². The van der Waals surface area contributed by atoms with Crippen LogP contribution in [0.25, 0.3) is 12.2 Å². The largest absolute Gasteiger partial charge is 0.204 e. The molecule has 0 aliphatic rings. The van der Waals surface area contributed by atoms with Crippen LogP contribution in [0, 0.1) is 0 Å². The molecule has 0 amide bonds. The zero-order chi connectivity index (χ0) is 14.4. The van der Waals surface area contributed by atoms with E-state index in [0.29, 0.717) is 5.92 Å². The second kappa shape index (κ2) is 7.04. The molecule has 1 aromatic carbocycles. The molecule has 2 rings (SSSR count). The lowest BCUT2D eigenvalue weighted by Crippen LogP contribution is -2.32. The van der Waals surface area contributed by atoms with E-state index in [1.807, 2.05) is 6.07 Å². The summed E-state index contributed by atoms with van der Waals surface area (Å²) in [6.45, 7) is 4.52. The average Bonchev–Trinajstić information content (AvgIpc) is 2.49. The van der Waals surface area contributed by atoms with Gasteiger partial charge in [-0.1, -0.05) is 44.2 Å². The SMILES string of the molecule is CCC(CC)c1ccc(C=Cc2ccccc2)[n+](C)c1. The van der Waals surface area contributed by atoms with Crippen molar-refractivity contribution in [1.29, 1.82) is 0 Å². The van der Waals surface area contributed by atoms with Gasteiger partial charge in [0, 0.05) is 17.7 Å². The Bertz CT molecular complexity index is 566. The third kappa shape index (κ3) is 3.57. The number of nitrogens with zero attached hydrogens (tertiary/aromatic N) is 1. The maximum atomic E-state index is 2.27. The Balaban J connectivity index is 2.20. The zero-order valence-electron chi connectivity index (χ0n) is 12.7. The van der Waals surface area contributed by atoms with Gasteiger partial charge in [-0.15, -0.1) is 0 Å². The van der Waals surface area contributed by atoms with Crippen LogP contribution in [-0.4, -0.2) is 0 Å². The summed E-state index contributed by atoms with van der Waals surface area (Å²) in [5.74, 6) is 0.674. The van der Waals surface area contributed by atoms with E-state index in [4.69, 9.17) is 0 Å². The maximum Gasteiger partial charge on any atom is 0.204 e. The Hall–Kier alpha value is -1.89. The van der Waals surface area contributed by atoms with Gasteiger partial charge in [-0.3, -0.25) is 0 Å². The van der Waals surface area contributed by atoms with Crippen LogP contribution in [0.2, 0.25) is 0 Å². The Morgan fingerprint density at radius 1 is 0.950 bits per heavy atom. The minimum absolute atomic E-state index is 0.674. The monoisotopic (exact) mass is 266 g/mol. The van der Waals surface area contributed by atoms with E-state index >= 15 is 0 Å². The van der Waals surface area contributed by atoms with Crippen molar-refractivity contribution in [2.24, 2.45) is 7.05 Å². The molecule has 0 bridgehead atoms. The van der Waals surface area contributed by atoms with Crippen molar-refractivity contribution in [3.8, 4) is 0 Å². The predicted molar refractivity (Wildman–Crippen MR) is 86.3 cm³/mol. The van der Waals surface area contributed by atoms with Gasteiger partial charge in [-0.2, -0.15) is 0 Å². The molecule has 0 N–H and O–H groups in total. The molecule has 0 unspecified atom stereocenters. The Morgan fingerprint density at radius 2 is 1.65 bits per heavy atom. The van der Waals surface area contributed by atoms with E-state index < -0.39 is 0 Å². The van der Waals surface area contributed by atoms with E-state index in [9.17, 15) is 0 Å². The van der Waals surface area contributed by atoms with Crippen LogP contribution in [0.4, 0.5) is 0 Å². The average molecular weight is 266 g/mol. The second-order valence-corrected chi connectivity index (χ2v) is 5.26. The van der Waals surface area contributed by atoms with Gasteiger partial charge in [0.25, 0.3) is 0 Å². The first-order valence-electron chi connectivity index (χ1n) is 7.47. The minimum atomic E-state index is 0.674. The molecule has 0 aliphatic heterocycles. The van der Waals surface area contributed by atoms with Gasteiger partial charge < -0.3 is 0 Å². The second-order valence-electron chi connectivity index (χ2n) is 5.26. The maximum absolute atomic E-state index is 2.27. The topological polar surface area (TPSA) is 3.88 Å². The predicted octanol–water partition coefficient (Wildman–Crippen LogP) is 4.59. The molecule has 0 aliphatic carbocycles. The number of hydrogen-bond donors (Lipinski definition) is 0. The van der Waals surface area contributed by atoms with Crippen LogP contribution in [0.15, 0.2) is 48.7 Å². The lowest BCUT2D eigenvalue weighted by molar-refractivity contribution is -0.673. The molecule has 2 aromatic rings. The van der Waals surface area contributed by atoms with Gasteiger partial charge in [-0.05, 0) is 36.5 Å². The molecule has 1 heterocycles. The van der Waals surface area contributed by atoms with Crippen LogP contribution in [0.3, 0.4) is 0 Å². The molecular weight excluding hydrogens is 242 g/mol. The molecule has 1 nitrogen and oxygen atoms in total. The first kappa shape index (κ1) is 14.5. The molecule has 20 heavy (non-hydrogen) atoms. The third-order valence-corrected chi connectivity index (χ3v) is 3.90. The lowest BCUT2D eigenvalue weighted by atomic mass is 9.95. The summed E-state index contributed by atoms with van der Waals surface area (Å²) >= 11 is 0. The van der Waals surface area contributed by atoms with E-state index in [2.05, 4.69) is 80.2 Å². The summed E-state index contributed by atoms with van der Waals surface area (Å²) in [7, 11) is 2.12. The fourth-order valence-corrected chi connectivity index (χ4v) is 2.56. The van der Waals surface area contributed by atoms with Crippen LogP contribution in [0.1, 0.15) is 49.4 Å². The number of rotatable bonds is 5. The smallest absolute Gasteiger partial charge is 0.201 e. The van der Waals surface area contributed by atoms with Gasteiger partial charge in [0.05, 0.1) is 0 Å². The number of aryl methyl sites for hydroxylation is 1. The Labute approximate surface area is 122 Å². The summed E-state index contributed by atoms with van der Waals surface area (Å²) in [5.41, 5.74) is 3.90. The highest BCUT2D eigenvalue weighted by Crippen LogP contribution is 2.21. The standard InChI is InChI=1S/C19H24N/c1-4-17(5-2)18-12-14-19(20(3)15-18)13-11-16-9-7-6-8-10-16/h6-15,17H,4-5H2,1-3H3/q+1. The normalized spacial score (nSPS) is 11.4. The van der Waals surface area contributed by atoms with Gasteiger partial charge >= 0.3 is 0 Å². The van der Waals surface area contributed by atoms with Crippen molar-refractivity contribution < 1.29 is 4.57 Å². The highest BCUT2D eigenvalue weighted by molar-refractivity contribution is 5.66. The van der Waals surface area contributed by atoms with E-state index in [1.165, 1.54) is 29.7 Å². The fourth-order valence-electron chi connectivity index (χ4n) is 2.56. The third-order valence-electron chi connectivity index (χ3n) is 3.90. The Kier molecular flexibility index (Phi) is 5.11. The van der Waals surface area contributed by atoms with Gasteiger partial charge in [-0.25, -0.2) is 4.57 Å². The molecule has 0 fully saturated rings. The molecule has 0 saturated carbocycles. The molecule has 104 valence electrons. The van der Waals surface area contributed by atoms with Gasteiger partial charge in [0.15, 0.2) is 6.20 Å². The van der Waals surface area contributed by atoms with Crippen LogP contribution in [0.5, 0.6) is 0 Å². The minimum Gasteiger partial charge on any atom is -0.201 e. The van der Waals surface area contributed by atoms with Crippen molar-refractivity contribution in [1.82, 2.24) is 0 Å². The van der Waals surface area contributed by atoms with E-state index in [1.54, 1.807) is 0 Å². The summed E-state index contributed by atoms with van der Waals surface area (Å²) in [6.07, 6.45) is 9.01. The summed E-state index contributed by atoms with van der Waals surface area (Å²) in [5, 5.41) is 0. The van der Waals surface area contributed by atoms with Crippen molar-refractivity contribution in [2.75, 3.05) is 0 Å². The summed E-state index contributed by atoms with van der Waals surface area (Å²) < 4.78 is 2.22. The molecular formula is C19H24N+. The Morgan fingerprint density at radius 3 is 2.25 bits per heavy atom. The number of hydrogen-bond acceptors (Lipinski definition) is 0. The highest BCUT2D eigenvalue weighted by atomic mass is 14.9. The van der Waals surface area contributed by atoms with E-state index in [0.717, 1.165) is 0 Å². The van der Waals surface area contributed by atoms with Crippen molar-refractivity contribution in [2.45, 2.75) is 32.6 Å². The number of aromatic nitrogens is 1. The summed E-state index contributed by atoms with van der Waals surface area (Å²) in [4.78, 5) is 0. The first-order chi connectivity index (χ1) is 9.74. The van der Waals surface area contributed by atoms with Gasteiger partial charge in [0.2, 0.25) is 5.69 Å². The molecule has 0 spiro atoms. The first-order valence-corrected chi connectivity index (χ1v) is 7.47. The molecule has 1 heteroatoms. The van der Waals surface area contributed by atoms with Crippen LogP contribution < -0.4 is 4.57 Å². The van der Waals surface area contributed by atoms with Crippen molar-refractivity contribution in [3.63, 3.8) is 0 Å². The molecule has 0 saturated heterocycles. The van der Waals surface area contributed by atoms with Crippen molar-refractivity contribution in [3.05, 3.63) is 65.5 Å². The molecule has 1 aromatic heterocycles. The molecule has 0 atom stereocenters. The summed E-state index contributed by atoms with van der Waals surface area (Å²) in [6, 6.07) is 14.9. The zero-order valence-corrected chi connectivity index (χ0v) is 12.7. The van der Waals surface area contributed by atoms with Gasteiger partial charge in [0.1, 0.15) is 7.05 Å². The van der Waals surface area contributed by atoms with E-state index in [-0.39, 0.29) is 0 Å². The number of pyridine rings is 1. The van der Waals surface area contributed by atoms with Crippen molar-refractivity contribution >= 4 is 12.2 Å².